The number of carbonyl (C=O) groups is 2. The summed E-state index contributed by atoms with van der Waals surface area (Å²) in [7, 11) is 0. The minimum Gasteiger partial charge on any atom is -0.481 e. The number of nitrogens with one attached hydrogen (secondary N) is 1. The van der Waals surface area contributed by atoms with Crippen LogP contribution in [-0.4, -0.2) is 66.2 Å². The van der Waals surface area contributed by atoms with E-state index in [0.717, 1.165) is 19.5 Å². The smallest absolute Gasteiger partial charge is 0.320 e. The lowest BCUT2D eigenvalue weighted by molar-refractivity contribution is -0.143. The summed E-state index contributed by atoms with van der Waals surface area (Å²) in [5.41, 5.74) is 0. The van der Waals surface area contributed by atoms with Gasteiger partial charge in [-0.25, -0.2) is 4.79 Å². The lowest BCUT2D eigenvalue weighted by atomic mass is 9.98. The number of nitrogens with zero attached hydrogens (tertiary/aromatic N) is 2. The van der Waals surface area contributed by atoms with Crippen molar-refractivity contribution in [3.8, 4) is 0 Å². The van der Waals surface area contributed by atoms with Gasteiger partial charge >= 0.3 is 12.0 Å². The molecule has 0 aromatic heterocycles. The third-order valence-corrected chi connectivity index (χ3v) is 3.43. The van der Waals surface area contributed by atoms with Gasteiger partial charge in [-0.2, -0.15) is 0 Å². The van der Waals surface area contributed by atoms with Crippen molar-refractivity contribution >= 4 is 12.0 Å². The first-order valence-corrected chi connectivity index (χ1v) is 6.16. The van der Waals surface area contributed by atoms with E-state index >= 15 is 0 Å². The van der Waals surface area contributed by atoms with Crippen LogP contribution in [0.15, 0.2) is 0 Å². The van der Waals surface area contributed by atoms with Gasteiger partial charge in [-0.05, 0) is 12.8 Å². The predicted molar refractivity (Wildman–Crippen MR) is 61.8 cm³/mol. The fourth-order valence-corrected chi connectivity index (χ4v) is 2.41. The summed E-state index contributed by atoms with van der Waals surface area (Å²) in [6.45, 7) is 4.12. The maximum absolute atomic E-state index is 12.2. The summed E-state index contributed by atoms with van der Waals surface area (Å²) in [4.78, 5) is 26.6. The molecular weight excluding hydrogens is 222 g/mol. The first-order chi connectivity index (χ1) is 8.18. The Morgan fingerprint density at radius 1 is 1.12 bits per heavy atom. The standard InChI is InChI=1S/C11H19N3O3/c15-10(16)9-2-1-5-14(8-9)11(17)13-6-3-12-4-7-13/h9,12H,1-8H2,(H,15,16)/t9-/m0/s1. The zero-order chi connectivity index (χ0) is 12.3. The fourth-order valence-electron chi connectivity index (χ4n) is 2.41. The van der Waals surface area contributed by atoms with Gasteiger partial charge in [-0.1, -0.05) is 0 Å². The zero-order valence-electron chi connectivity index (χ0n) is 9.89. The average molecular weight is 241 g/mol. The molecule has 0 unspecified atom stereocenters. The molecule has 0 aliphatic carbocycles. The number of urea groups is 1. The second kappa shape index (κ2) is 5.35. The first-order valence-electron chi connectivity index (χ1n) is 6.16. The molecule has 2 saturated heterocycles. The van der Waals surface area contributed by atoms with E-state index in [9.17, 15) is 9.59 Å². The predicted octanol–water partition coefficient (Wildman–Crippen LogP) is -0.192. The van der Waals surface area contributed by atoms with Crippen molar-refractivity contribution in [3.05, 3.63) is 0 Å². The van der Waals surface area contributed by atoms with Crippen LogP contribution in [0.1, 0.15) is 12.8 Å². The molecule has 2 amide bonds. The van der Waals surface area contributed by atoms with Gasteiger partial charge < -0.3 is 20.2 Å². The highest BCUT2D eigenvalue weighted by molar-refractivity contribution is 5.76. The Bertz CT molecular complexity index is 302. The van der Waals surface area contributed by atoms with E-state index in [4.69, 9.17) is 5.11 Å². The Hall–Kier alpha value is -1.30. The molecule has 6 heteroatoms. The lowest BCUT2D eigenvalue weighted by Gasteiger charge is -2.36. The van der Waals surface area contributed by atoms with E-state index in [2.05, 4.69) is 5.32 Å². The number of hydrogen-bond acceptors (Lipinski definition) is 3. The van der Waals surface area contributed by atoms with Gasteiger partial charge in [-0.15, -0.1) is 0 Å². The highest BCUT2D eigenvalue weighted by Gasteiger charge is 2.30. The average Bonchev–Trinajstić information content (AvgIpc) is 2.39. The summed E-state index contributed by atoms with van der Waals surface area (Å²) >= 11 is 0. The third kappa shape index (κ3) is 2.88. The van der Waals surface area contributed by atoms with E-state index in [-0.39, 0.29) is 6.03 Å². The quantitative estimate of drug-likeness (QED) is 0.667. The van der Waals surface area contributed by atoms with Crippen molar-refractivity contribution in [2.75, 3.05) is 39.3 Å². The van der Waals surface area contributed by atoms with Crippen LogP contribution < -0.4 is 5.32 Å². The molecule has 6 nitrogen and oxygen atoms in total. The zero-order valence-corrected chi connectivity index (χ0v) is 9.89. The molecule has 2 aliphatic heterocycles. The van der Waals surface area contributed by atoms with Crippen LogP contribution in [0.25, 0.3) is 0 Å². The van der Waals surface area contributed by atoms with Crippen LogP contribution in [0.5, 0.6) is 0 Å². The molecule has 2 aliphatic rings. The van der Waals surface area contributed by atoms with Gasteiger partial charge in [0.1, 0.15) is 0 Å². The summed E-state index contributed by atoms with van der Waals surface area (Å²) < 4.78 is 0. The topological polar surface area (TPSA) is 72.9 Å². The lowest BCUT2D eigenvalue weighted by Crippen LogP contribution is -2.54. The minimum absolute atomic E-state index is 0.00236. The highest BCUT2D eigenvalue weighted by Crippen LogP contribution is 2.18. The van der Waals surface area contributed by atoms with E-state index < -0.39 is 11.9 Å². The second-order valence-electron chi connectivity index (χ2n) is 4.64. The Morgan fingerprint density at radius 2 is 1.82 bits per heavy atom. The second-order valence-corrected chi connectivity index (χ2v) is 4.64. The molecule has 0 aromatic carbocycles. The van der Waals surface area contributed by atoms with E-state index in [1.165, 1.54) is 0 Å². The Morgan fingerprint density at radius 3 is 2.47 bits per heavy atom. The molecule has 2 fully saturated rings. The molecule has 0 radical (unpaired) electrons. The van der Waals surface area contributed by atoms with Gasteiger partial charge in [0.2, 0.25) is 0 Å². The van der Waals surface area contributed by atoms with Crippen molar-refractivity contribution in [3.63, 3.8) is 0 Å². The van der Waals surface area contributed by atoms with Crippen LogP contribution in [0.2, 0.25) is 0 Å². The number of aliphatic carboxylic acids is 1. The number of piperazine rings is 1. The van der Waals surface area contributed by atoms with Crippen LogP contribution in [-0.2, 0) is 4.79 Å². The number of piperidine rings is 1. The number of rotatable bonds is 1. The Labute approximate surface area is 101 Å². The van der Waals surface area contributed by atoms with Crippen molar-refractivity contribution < 1.29 is 14.7 Å². The fraction of sp³-hybridized carbons (Fsp3) is 0.818. The van der Waals surface area contributed by atoms with Gasteiger partial charge in [0.25, 0.3) is 0 Å². The number of hydrogen-bond donors (Lipinski definition) is 2. The molecule has 0 aromatic rings. The van der Waals surface area contributed by atoms with Crippen molar-refractivity contribution in [1.82, 2.24) is 15.1 Å². The van der Waals surface area contributed by atoms with E-state index in [0.29, 0.717) is 32.6 Å². The molecule has 1 atom stereocenters. The van der Waals surface area contributed by atoms with E-state index in [1.807, 2.05) is 0 Å². The highest BCUT2D eigenvalue weighted by atomic mass is 16.4. The maximum Gasteiger partial charge on any atom is 0.320 e. The number of likely N-dealkylation sites (tertiary alicyclic amines) is 1. The van der Waals surface area contributed by atoms with Gasteiger partial charge in [0.15, 0.2) is 0 Å². The monoisotopic (exact) mass is 241 g/mol. The van der Waals surface area contributed by atoms with Gasteiger partial charge in [-0.3, -0.25) is 4.79 Å². The van der Waals surface area contributed by atoms with Crippen LogP contribution >= 0.6 is 0 Å². The summed E-state index contributed by atoms with van der Waals surface area (Å²) in [5.74, 6) is -1.18. The number of carboxylic acid groups (broad SMARTS) is 1. The molecule has 2 heterocycles. The largest absolute Gasteiger partial charge is 0.481 e. The van der Waals surface area contributed by atoms with Gasteiger partial charge in [0.05, 0.1) is 5.92 Å². The van der Waals surface area contributed by atoms with Crippen LogP contribution in [0, 0.1) is 5.92 Å². The molecular formula is C11H19N3O3. The Balaban J connectivity index is 1.91. The molecule has 0 saturated carbocycles. The third-order valence-electron chi connectivity index (χ3n) is 3.43. The van der Waals surface area contributed by atoms with Crippen LogP contribution in [0.3, 0.4) is 0 Å². The SMILES string of the molecule is O=C(O)[C@H]1CCCN(C(=O)N2CCNCC2)C1. The van der Waals surface area contributed by atoms with Crippen LogP contribution in [0.4, 0.5) is 4.79 Å². The van der Waals surface area contributed by atoms with Crippen molar-refractivity contribution in [2.45, 2.75) is 12.8 Å². The molecule has 96 valence electrons. The molecule has 2 rings (SSSR count). The van der Waals surface area contributed by atoms with Crippen molar-refractivity contribution in [2.24, 2.45) is 5.92 Å². The Kier molecular flexibility index (Phi) is 3.83. The number of carbonyl (C=O) groups excluding carboxylic acids is 1. The van der Waals surface area contributed by atoms with Crippen molar-refractivity contribution in [1.29, 1.82) is 0 Å². The number of amides is 2. The molecule has 2 N–H and O–H groups in total. The maximum atomic E-state index is 12.2. The molecule has 17 heavy (non-hydrogen) atoms. The summed E-state index contributed by atoms with van der Waals surface area (Å²) in [5, 5.41) is 12.2. The first kappa shape index (κ1) is 12.2. The van der Waals surface area contributed by atoms with E-state index in [1.54, 1.807) is 9.80 Å². The summed E-state index contributed by atoms with van der Waals surface area (Å²) in [6.07, 6.45) is 1.47. The molecule has 0 spiro atoms. The van der Waals surface area contributed by atoms with Gasteiger partial charge in [0, 0.05) is 39.3 Å². The summed E-state index contributed by atoms with van der Waals surface area (Å²) in [6, 6.07) is -0.00236. The number of carboxylic acids is 1. The normalized spacial score (nSPS) is 25.8. The minimum atomic E-state index is -0.789. The molecule has 0 bridgehead atoms.